The Morgan fingerprint density at radius 1 is 1.43 bits per heavy atom. The number of carboxylic acid groups (broad SMARTS) is 1. The van der Waals surface area contributed by atoms with Crippen LogP contribution in [0.25, 0.3) is 0 Å². The van der Waals surface area contributed by atoms with Crippen molar-refractivity contribution in [3.8, 4) is 6.07 Å². The van der Waals surface area contributed by atoms with Crippen molar-refractivity contribution < 1.29 is 9.90 Å². The lowest BCUT2D eigenvalue weighted by molar-refractivity contribution is 0.0700. The van der Waals surface area contributed by atoms with E-state index in [0.717, 1.165) is 11.1 Å². The van der Waals surface area contributed by atoms with E-state index in [-0.39, 0.29) is 0 Å². The number of aromatic nitrogens is 1. The second-order valence-electron chi connectivity index (χ2n) is 4.56. The lowest BCUT2D eigenvalue weighted by atomic mass is 10.2. The highest BCUT2D eigenvalue weighted by Gasteiger charge is 2.15. The topological polar surface area (TPSA) is 77.2 Å². The molecule has 0 saturated heterocycles. The highest BCUT2D eigenvalue weighted by Crippen LogP contribution is 2.19. The molecule has 6 heteroatoms. The summed E-state index contributed by atoms with van der Waals surface area (Å²) in [4.78, 5) is 17.7. The number of thiophene rings is 1. The summed E-state index contributed by atoms with van der Waals surface area (Å²) in [5.41, 5.74) is 1.83. The van der Waals surface area contributed by atoms with Crippen LogP contribution in [-0.4, -0.2) is 27.5 Å². The molecular formula is C15H15N3O2S. The van der Waals surface area contributed by atoms with Gasteiger partial charge in [0.1, 0.15) is 4.88 Å². The number of pyridine rings is 1. The van der Waals surface area contributed by atoms with Gasteiger partial charge in [0.25, 0.3) is 0 Å². The number of hydrogen-bond donors (Lipinski definition) is 1. The SMILES string of the molecule is N#CCCN(Cc1cccnc1)Cc1ccsc1C(=O)O. The zero-order valence-electron chi connectivity index (χ0n) is 11.4. The fraction of sp³-hybridized carbons (Fsp3) is 0.267. The summed E-state index contributed by atoms with van der Waals surface area (Å²) < 4.78 is 0. The van der Waals surface area contributed by atoms with Crippen LogP contribution in [0.4, 0.5) is 0 Å². The summed E-state index contributed by atoms with van der Waals surface area (Å²) in [7, 11) is 0. The highest BCUT2D eigenvalue weighted by molar-refractivity contribution is 7.12. The van der Waals surface area contributed by atoms with Crippen LogP contribution in [0.1, 0.15) is 27.2 Å². The first kappa shape index (κ1) is 15.2. The highest BCUT2D eigenvalue weighted by atomic mass is 32.1. The van der Waals surface area contributed by atoms with Gasteiger partial charge in [-0.15, -0.1) is 11.3 Å². The minimum atomic E-state index is -0.901. The van der Waals surface area contributed by atoms with E-state index in [1.54, 1.807) is 17.8 Å². The Bertz CT molecular complexity index is 634. The molecular weight excluding hydrogens is 286 g/mol. The summed E-state index contributed by atoms with van der Waals surface area (Å²) >= 11 is 1.23. The van der Waals surface area contributed by atoms with Crippen molar-refractivity contribution in [2.75, 3.05) is 6.54 Å². The van der Waals surface area contributed by atoms with Crippen molar-refractivity contribution in [1.82, 2.24) is 9.88 Å². The van der Waals surface area contributed by atoms with E-state index >= 15 is 0 Å². The van der Waals surface area contributed by atoms with Crippen LogP contribution in [0, 0.1) is 11.3 Å². The number of nitrogens with zero attached hydrogens (tertiary/aromatic N) is 3. The molecule has 2 rings (SSSR count). The Labute approximate surface area is 127 Å². The van der Waals surface area contributed by atoms with E-state index in [9.17, 15) is 4.79 Å². The third-order valence-corrected chi connectivity index (χ3v) is 3.95. The van der Waals surface area contributed by atoms with Crippen molar-refractivity contribution in [2.45, 2.75) is 19.5 Å². The maximum absolute atomic E-state index is 11.2. The van der Waals surface area contributed by atoms with E-state index < -0.39 is 5.97 Å². The first-order chi connectivity index (χ1) is 10.2. The molecule has 0 atom stereocenters. The van der Waals surface area contributed by atoms with Gasteiger partial charge in [0.2, 0.25) is 0 Å². The molecule has 0 saturated carbocycles. The third kappa shape index (κ3) is 4.38. The molecule has 0 aromatic carbocycles. The van der Waals surface area contributed by atoms with Crippen LogP contribution in [0.15, 0.2) is 36.0 Å². The molecule has 2 heterocycles. The summed E-state index contributed by atoms with van der Waals surface area (Å²) in [6.45, 7) is 1.76. The van der Waals surface area contributed by atoms with Gasteiger partial charge in [0.05, 0.1) is 6.07 Å². The summed E-state index contributed by atoms with van der Waals surface area (Å²) in [5.74, 6) is -0.901. The molecule has 0 amide bonds. The van der Waals surface area contributed by atoms with E-state index in [2.05, 4.69) is 16.0 Å². The van der Waals surface area contributed by atoms with Crippen molar-refractivity contribution in [1.29, 1.82) is 5.26 Å². The molecule has 2 aromatic heterocycles. The predicted molar refractivity (Wildman–Crippen MR) is 79.9 cm³/mol. The van der Waals surface area contributed by atoms with Crippen LogP contribution in [-0.2, 0) is 13.1 Å². The molecule has 2 aromatic rings. The standard InChI is InChI=1S/C15H15N3O2S/c16-5-2-7-18(10-12-3-1-6-17-9-12)11-13-4-8-21-14(13)15(19)20/h1,3-4,6,8-9H,2,7,10-11H2,(H,19,20). The molecule has 21 heavy (non-hydrogen) atoms. The second kappa shape index (κ2) is 7.53. The van der Waals surface area contributed by atoms with E-state index in [1.165, 1.54) is 11.3 Å². The molecule has 0 aliphatic carbocycles. The van der Waals surface area contributed by atoms with E-state index in [0.29, 0.717) is 30.9 Å². The second-order valence-corrected chi connectivity index (χ2v) is 5.48. The van der Waals surface area contributed by atoms with Gasteiger partial charge in [-0.1, -0.05) is 6.07 Å². The first-order valence-electron chi connectivity index (χ1n) is 6.48. The molecule has 0 fully saturated rings. The molecule has 0 bridgehead atoms. The smallest absolute Gasteiger partial charge is 0.346 e. The normalized spacial score (nSPS) is 10.5. The van der Waals surface area contributed by atoms with Crippen LogP contribution in [0.5, 0.6) is 0 Å². The monoisotopic (exact) mass is 301 g/mol. The van der Waals surface area contributed by atoms with E-state index in [4.69, 9.17) is 10.4 Å². The molecule has 0 aliphatic heterocycles. The van der Waals surface area contributed by atoms with Gasteiger partial charge in [0.15, 0.2) is 0 Å². The molecule has 0 aliphatic rings. The van der Waals surface area contributed by atoms with Gasteiger partial charge < -0.3 is 5.11 Å². The number of hydrogen-bond acceptors (Lipinski definition) is 5. The quantitative estimate of drug-likeness (QED) is 0.851. The predicted octanol–water partition coefficient (Wildman–Crippen LogP) is 2.76. The minimum Gasteiger partial charge on any atom is -0.477 e. The fourth-order valence-corrected chi connectivity index (χ4v) is 2.81. The number of rotatable bonds is 7. The maximum Gasteiger partial charge on any atom is 0.346 e. The average Bonchev–Trinajstić information content (AvgIpc) is 2.94. The molecule has 108 valence electrons. The maximum atomic E-state index is 11.2. The van der Waals surface area contributed by atoms with Crippen LogP contribution >= 0.6 is 11.3 Å². The zero-order valence-corrected chi connectivity index (χ0v) is 12.2. The number of nitriles is 1. The molecule has 0 unspecified atom stereocenters. The van der Waals surface area contributed by atoms with Crippen molar-refractivity contribution >= 4 is 17.3 Å². The third-order valence-electron chi connectivity index (χ3n) is 3.00. The minimum absolute atomic E-state index is 0.364. The lowest BCUT2D eigenvalue weighted by Gasteiger charge is -2.21. The summed E-state index contributed by atoms with van der Waals surface area (Å²) in [6, 6.07) is 7.80. The summed E-state index contributed by atoms with van der Waals surface area (Å²) in [5, 5.41) is 19.7. The zero-order chi connectivity index (χ0) is 15.1. The Hall–Kier alpha value is -2.23. The largest absolute Gasteiger partial charge is 0.477 e. The van der Waals surface area contributed by atoms with Gasteiger partial charge in [-0.2, -0.15) is 5.26 Å². The first-order valence-corrected chi connectivity index (χ1v) is 7.36. The van der Waals surface area contributed by atoms with Gasteiger partial charge in [-0.05, 0) is 28.6 Å². The van der Waals surface area contributed by atoms with Crippen molar-refractivity contribution in [3.05, 3.63) is 52.0 Å². The number of carboxylic acids is 1. The molecule has 1 N–H and O–H groups in total. The van der Waals surface area contributed by atoms with Gasteiger partial charge in [0, 0.05) is 38.4 Å². The number of carbonyl (C=O) groups is 1. The molecule has 0 radical (unpaired) electrons. The van der Waals surface area contributed by atoms with Crippen LogP contribution < -0.4 is 0 Å². The summed E-state index contributed by atoms with van der Waals surface area (Å²) in [6.07, 6.45) is 3.91. The molecule has 5 nitrogen and oxygen atoms in total. The van der Waals surface area contributed by atoms with Crippen molar-refractivity contribution in [3.63, 3.8) is 0 Å². The number of aromatic carboxylic acids is 1. The Morgan fingerprint density at radius 3 is 2.95 bits per heavy atom. The Kier molecular flexibility index (Phi) is 5.43. The van der Waals surface area contributed by atoms with Gasteiger partial charge in [-0.25, -0.2) is 4.79 Å². The van der Waals surface area contributed by atoms with E-state index in [1.807, 2.05) is 18.2 Å². The Balaban J connectivity index is 2.11. The molecule has 0 spiro atoms. The Morgan fingerprint density at radius 2 is 2.29 bits per heavy atom. The van der Waals surface area contributed by atoms with Gasteiger partial charge in [-0.3, -0.25) is 9.88 Å². The van der Waals surface area contributed by atoms with Gasteiger partial charge >= 0.3 is 5.97 Å². The average molecular weight is 301 g/mol. The lowest BCUT2D eigenvalue weighted by Crippen LogP contribution is -2.24. The van der Waals surface area contributed by atoms with Crippen LogP contribution in [0.2, 0.25) is 0 Å². The van der Waals surface area contributed by atoms with Crippen molar-refractivity contribution in [2.24, 2.45) is 0 Å². The fourth-order valence-electron chi connectivity index (χ4n) is 2.06. The van der Waals surface area contributed by atoms with Crippen LogP contribution in [0.3, 0.4) is 0 Å².